The summed E-state index contributed by atoms with van der Waals surface area (Å²) in [5, 5.41) is 12.1. The molecule has 0 bridgehead atoms. The summed E-state index contributed by atoms with van der Waals surface area (Å²) in [6.07, 6.45) is 0.856. The zero-order valence-electron chi connectivity index (χ0n) is 8.08. The van der Waals surface area contributed by atoms with Crippen LogP contribution in [0.25, 0.3) is 0 Å². The van der Waals surface area contributed by atoms with E-state index in [1.54, 1.807) is 12.1 Å². The molecule has 1 amide bonds. The molecule has 0 aliphatic heterocycles. The third-order valence-electron chi connectivity index (χ3n) is 1.85. The Morgan fingerprint density at radius 3 is 2.93 bits per heavy atom. The number of carbonyl (C=O) groups excluding carboxylic acids is 1. The highest BCUT2D eigenvalue weighted by Crippen LogP contribution is 2.23. The first kappa shape index (κ1) is 10.4. The lowest BCUT2D eigenvalue weighted by Gasteiger charge is -2.06. The van der Waals surface area contributed by atoms with Gasteiger partial charge < -0.3 is 16.2 Å². The Morgan fingerprint density at radius 1 is 1.57 bits per heavy atom. The highest BCUT2D eigenvalue weighted by Gasteiger charge is 2.11. The predicted octanol–water partition coefficient (Wildman–Crippen LogP) is 1.11. The number of phenols is 1. The summed E-state index contributed by atoms with van der Waals surface area (Å²) >= 11 is 0. The van der Waals surface area contributed by atoms with Crippen LogP contribution < -0.4 is 11.1 Å². The zero-order valence-corrected chi connectivity index (χ0v) is 8.08. The van der Waals surface area contributed by atoms with Crippen molar-refractivity contribution in [2.45, 2.75) is 13.3 Å². The van der Waals surface area contributed by atoms with Gasteiger partial charge in [-0.15, -0.1) is 0 Å². The average Bonchev–Trinajstić information content (AvgIpc) is 2.18. The summed E-state index contributed by atoms with van der Waals surface area (Å²) < 4.78 is 0. The van der Waals surface area contributed by atoms with E-state index in [1.165, 1.54) is 6.07 Å². The Labute approximate surface area is 82.7 Å². The Kier molecular flexibility index (Phi) is 3.34. The molecule has 0 spiro atoms. The number of carbonyl (C=O) groups is 1. The molecule has 76 valence electrons. The standard InChI is InChI=1S/C10H14N2O2/c1-2-6-12-10(14)7-4-3-5-8(11)9(7)13/h3-5,13H,2,6,11H2,1H3,(H,12,14). The zero-order chi connectivity index (χ0) is 10.6. The van der Waals surface area contributed by atoms with Crippen LogP contribution in [-0.4, -0.2) is 17.6 Å². The third-order valence-corrected chi connectivity index (χ3v) is 1.85. The average molecular weight is 194 g/mol. The molecule has 0 aliphatic rings. The van der Waals surface area contributed by atoms with Crippen molar-refractivity contribution in [3.63, 3.8) is 0 Å². The summed E-state index contributed by atoms with van der Waals surface area (Å²) in [6.45, 7) is 2.55. The maximum absolute atomic E-state index is 11.4. The summed E-state index contributed by atoms with van der Waals surface area (Å²) in [7, 11) is 0. The van der Waals surface area contributed by atoms with Crippen molar-refractivity contribution in [1.29, 1.82) is 0 Å². The van der Waals surface area contributed by atoms with E-state index >= 15 is 0 Å². The third kappa shape index (κ3) is 2.16. The smallest absolute Gasteiger partial charge is 0.255 e. The van der Waals surface area contributed by atoms with Gasteiger partial charge in [-0.05, 0) is 18.6 Å². The fourth-order valence-corrected chi connectivity index (χ4v) is 1.08. The molecule has 0 atom stereocenters. The Morgan fingerprint density at radius 2 is 2.29 bits per heavy atom. The van der Waals surface area contributed by atoms with Crippen molar-refractivity contribution in [3.05, 3.63) is 23.8 Å². The van der Waals surface area contributed by atoms with Crippen LogP contribution >= 0.6 is 0 Å². The second kappa shape index (κ2) is 4.50. The van der Waals surface area contributed by atoms with Crippen LogP contribution in [0, 0.1) is 0 Å². The number of nitrogens with one attached hydrogen (secondary N) is 1. The van der Waals surface area contributed by atoms with Gasteiger partial charge in [0.2, 0.25) is 0 Å². The van der Waals surface area contributed by atoms with Crippen molar-refractivity contribution in [2.24, 2.45) is 0 Å². The molecular formula is C10H14N2O2. The Balaban J connectivity index is 2.84. The van der Waals surface area contributed by atoms with Crippen molar-refractivity contribution in [3.8, 4) is 5.75 Å². The maximum atomic E-state index is 11.4. The van der Waals surface area contributed by atoms with Crippen LogP contribution in [0.5, 0.6) is 5.75 Å². The molecule has 1 aromatic carbocycles. The SMILES string of the molecule is CCCNC(=O)c1cccc(N)c1O. The number of nitrogens with two attached hydrogens (primary N) is 1. The molecule has 0 radical (unpaired) electrons. The largest absolute Gasteiger partial charge is 0.505 e. The highest BCUT2D eigenvalue weighted by atomic mass is 16.3. The number of hydrogen-bond donors (Lipinski definition) is 3. The van der Waals surface area contributed by atoms with Gasteiger partial charge in [0, 0.05) is 6.54 Å². The van der Waals surface area contributed by atoms with Gasteiger partial charge in [0.1, 0.15) is 0 Å². The molecule has 0 saturated heterocycles. The fourth-order valence-electron chi connectivity index (χ4n) is 1.08. The molecule has 14 heavy (non-hydrogen) atoms. The fraction of sp³-hybridized carbons (Fsp3) is 0.300. The number of anilines is 1. The molecule has 1 aromatic rings. The molecule has 4 N–H and O–H groups in total. The minimum atomic E-state index is -0.295. The molecular weight excluding hydrogens is 180 g/mol. The Bertz CT molecular complexity index is 337. The van der Waals surface area contributed by atoms with E-state index in [4.69, 9.17) is 5.73 Å². The first-order chi connectivity index (χ1) is 6.66. The maximum Gasteiger partial charge on any atom is 0.255 e. The van der Waals surface area contributed by atoms with Gasteiger partial charge in [0.05, 0.1) is 11.3 Å². The summed E-state index contributed by atoms with van der Waals surface area (Å²) in [4.78, 5) is 11.4. The van der Waals surface area contributed by atoms with Crippen molar-refractivity contribution in [2.75, 3.05) is 12.3 Å². The Hall–Kier alpha value is -1.71. The first-order valence-electron chi connectivity index (χ1n) is 4.52. The molecule has 0 fully saturated rings. The van der Waals surface area contributed by atoms with Crippen LogP contribution in [0.2, 0.25) is 0 Å². The van der Waals surface area contributed by atoms with Crippen molar-refractivity contribution < 1.29 is 9.90 Å². The predicted molar refractivity (Wildman–Crippen MR) is 55.1 cm³/mol. The molecule has 0 aliphatic carbocycles. The summed E-state index contributed by atoms with van der Waals surface area (Å²) in [5.41, 5.74) is 5.89. The quantitative estimate of drug-likeness (QED) is 0.498. The number of rotatable bonds is 3. The van der Waals surface area contributed by atoms with Crippen molar-refractivity contribution >= 4 is 11.6 Å². The van der Waals surface area contributed by atoms with E-state index in [-0.39, 0.29) is 22.9 Å². The number of nitrogen functional groups attached to an aromatic ring is 1. The topological polar surface area (TPSA) is 75.4 Å². The monoisotopic (exact) mass is 194 g/mol. The van der Waals surface area contributed by atoms with Gasteiger partial charge >= 0.3 is 0 Å². The second-order valence-corrected chi connectivity index (χ2v) is 3.00. The van der Waals surface area contributed by atoms with Crippen LogP contribution in [0.4, 0.5) is 5.69 Å². The number of hydrogen-bond acceptors (Lipinski definition) is 3. The van der Waals surface area contributed by atoms with Gasteiger partial charge in [-0.25, -0.2) is 0 Å². The van der Waals surface area contributed by atoms with Gasteiger partial charge in [-0.2, -0.15) is 0 Å². The first-order valence-corrected chi connectivity index (χ1v) is 4.52. The van der Waals surface area contributed by atoms with Crippen LogP contribution in [0.3, 0.4) is 0 Å². The lowest BCUT2D eigenvalue weighted by atomic mass is 10.1. The van der Waals surface area contributed by atoms with E-state index in [9.17, 15) is 9.90 Å². The summed E-state index contributed by atoms with van der Waals surface area (Å²) in [5.74, 6) is -0.447. The number of para-hydroxylation sites is 1. The van der Waals surface area contributed by atoms with Crippen LogP contribution in [0.15, 0.2) is 18.2 Å². The lowest BCUT2D eigenvalue weighted by molar-refractivity contribution is 0.0951. The van der Waals surface area contributed by atoms with E-state index in [0.29, 0.717) is 6.54 Å². The molecule has 1 rings (SSSR count). The molecule has 4 heteroatoms. The normalized spacial score (nSPS) is 9.79. The highest BCUT2D eigenvalue weighted by molar-refractivity contribution is 5.98. The lowest BCUT2D eigenvalue weighted by Crippen LogP contribution is -2.24. The minimum Gasteiger partial charge on any atom is -0.505 e. The molecule has 0 heterocycles. The van der Waals surface area contributed by atoms with Crippen LogP contribution in [-0.2, 0) is 0 Å². The van der Waals surface area contributed by atoms with Crippen LogP contribution in [0.1, 0.15) is 23.7 Å². The molecule has 4 nitrogen and oxygen atoms in total. The number of amides is 1. The number of benzene rings is 1. The minimum absolute atomic E-state index is 0.152. The van der Waals surface area contributed by atoms with Gasteiger partial charge in [0.15, 0.2) is 5.75 Å². The van der Waals surface area contributed by atoms with Crippen molar-refractivity contribution in [1.82, 2.24) is 5.32 Å². The van der Waals surface area contributed by atoms with Gasteiger partial charge in [-0.3, -0.25) is 4.79 Å². The second-order valence-electron chi connectivity index (χ2n) is 3.00. The summed E-state index contributed by atoms with van der Waals surface area (Å²) in [6, 6.07) is 4.72. The van der Waals surface area contributed by atoms with Gasteiger partial charge in [-0.1, -0.05) is 13.0 Å². The van der Waals surface area contributed by atoms with Gasteiger partial charge in [0.25, 0.3) is 5.91 Å². The van der Waals surface area contributed by atoms with E-state index in [1.807, 2.05) is 6.92 Å². The van der Waals surface area contributed by atoms with E-state index < -0.39 is 0 Å². The van der Waals surface area contributed by atoms with E-state index in [2.05, 4.69) is 5.32 Å². The number of aromatic hydroxyl groups is 1. The molecule has 0 aromatic heterocycles. The number of phenolic OH excluding ortho intramolecular Hbond substituents is 1. The molecule has 0 unspecified atom stereocenters. The van der Waals surface area contributed by atoms with E-state index in [0.717, 1.165) is 6.42 Å². The molecule has 0 saturated carbocycles.